The molecule has 0 aromatic heterocycles. The average molecular weight is 232 g/mol. The number of nitro benzene ring substituents is 1. The minimum atomic E-state index is -1.32. The molecule has 1 aromatic rings. The van der Waals surface area contributed by atoms with Crippen molar-refractivity contribution in [3.8, 4) is 0 Å². The number of hydrogen-bond donors (Lipinski definition) is 2. The van der Waals surface area contributed by atoms with E-state index in [0.717, 1.165) is 0 Å². The summed E-state index contributed by atoms with van der Waals surface area (Å²) in [5.74, 6) is -3.64. The van der Waals surface area contributed by atoms with Gasteiger partial charge < -0.3 is 10.4 Å². The number of rotatable bonds is 4. The lowest BCUT2D eigenvalue weighted by atomic mass is 10.2. The van der Waals surface area contributed by atoms with Gasteiger partial charge in [-0.25, -0.2) is 8.78 Å². The zero-order valence-corrected chi connectivity index (χ0v) is 7.74. The van der Waals surface area contributed by atoms with Gasteiger partial charge in [-0.3, -0.25) is 14.9 Å². The van der Waals surface area contributed by atoms with Crippen LogP contribution in [0.4, 0.5) is 20.2 Å². The van der Waals surface area contributed by atoms with Crippen molar-refractivity contribution in [3.05, 3.63) is 33.9 Å². The van der Waals surface area contributed by atoms with E-state index in [2.05, 4.69) is 0 Å². The Morgan fingerprint density at radius 1 is 1.50 bits per heavy atom. The standard InChI is InChI=1S/C8H6F2N2O4/c9-4-1-5(10)8(11-3-7(13)14)6(2-4)12(15)16/h1-2,11H,3H2,(H,13,14). The minimum Gasteiger partial charge on any atom is -0.480 e. The maximum absolute atomic E-state index is 13.1. The zero-order chi connectivity index (χ0) is 12.3. The fourth-order valence-corrected chi connectivity index (χ4v) is 1.04. The second-order valence-corrected chi connectivity index (χ2v) is 2.79. The average Bonchev–Trinajstić information content (AvgIpc) is 2.14. The Labute approximate surface area is 87.7 Å². The Bertz CT molecular complexity index is 450. The van der Waals surface area contributed by atoms with Crippen LogP contribution in [0.2, 0.25) is 0 Å². The molecule has 0 fully saturated rings. The van der Waals surface area contributed by atoms with Crippen LogP contribution in [0.1, 0.15) is 0 Å². The predicted octanol–water partition coefficient (Wildman–Crippen LogP) is 1.37. The molecule has 1 aromatic carbocycles. The van der Waals surface area contributed by atoms with Gasteiger partial charge in [-0.2, -0.15) is 0 Å². The predicted molar refractivity (Wildman–Crippen MR) is 49.1 cm³/mol. The maximum Gasteiger partial charge on any atom is 0.322 e. The van der Waals surface area contributed by atoms with Gasteiger partial charge in [0.1, 0.15) is 18.0 Å². The quantitative estimate of drug-likeness (QED) is 0.604. The number of hydrogen-bond acceptors (Lipinski definition) is 4. The molecule has 8 heteroatoms. The number of carbonyl (C=O) groups is 1. The molecule has 0 aliphatic rings. The monoisotopic (exact) mass is 232 g/mol. The number of nitro groups is 1. The normalized spacial score (nSPS) is 9.88. The number of carboxylic acids is 1. The lowest BCUT2D eigenvalue weighted by Crippen LogP contribution is -2.14. The highest BCUT2D eigenvalue weighted by atomic mass is 19.1. The molecule has 16 heavy (non-hydrogen) atoms. The molecule has 0 bridgehead atoms. The largest absolute Gasteiger partial charge is 0.480 e. The van der Waals surface area contributed by atoms with Crippen molar-refractivity contribution in [1.29, 1.82) is 0 Å². The first-order chi connectivity index (χ1) is 7.41. The molecule has 0 aliphatic heterocycles. The summed E-state index contributed by atoms with van der Waals surface area (Å²) in [6.07, 6.45) is 0. The summed E-state index contributed by atoms with van der Waals surface area (Å²) in [6.45, 7) is -0.705. The van der Waals surface area contributed by atoms with Crippen molar-refractivity contribution >= 4 is 17.3 Å². The van der Waals surface area contributed by atoms with E-state index in [1.165, 1.54) is 0 Å². The van der Waals surface area contributed by atoms with Crippen LogP contribution in [0.5, 0.6) is 0 Å². The highest BCUT2D eigenvalue weighted by Gasteiger charge is 2.20. The molecule has 0 heterocycles. The van der Waals surface area contributed by atoms with E-state index >= 15 is 0 Å². The number of benzene rings is 1. The van der Waals surface area contributed by atoms with E-state index in [-0.39, 0.29) is 0 Å². The van der Waals surface area contributed by atoms with E-state index in [1.807, 2.05) is 5.32 Å². The second-order valence-electron chi connectivity index (χ2n) is 2.79. The number of aliphatic carboxylic acids is 1. The Hall–Kier alpha value is -2.25. The summed E-state index contributed by atoms with van der Waals surface area (Å²) in [5.41, 5.74) is -1.49. The van der Waals surface area contributed by atoms with Crippen LogP contribution >= 0.6 is 0 Å². The van der Waals surface area contributed by atoms with Crippen LogP contribution < -0.4 is 5.32 Å². The van der Waals surface area contributed by atoms with Crippen LogP contribution in [-0.4, -0.2) is 22.5 Å². The Balaban J connectivity index is 3.14. The third-order valence-corrected chi connectivity index (χ3v) is 1.65. The first-order valence-electron chi connectivity index (χ1n) is 4.01. The fraction of sp³-hybridized carbons (Fsp3) is 0.125. The van der Waals surface area contributed by atoms with Crippen LogP contribution in [0.3, 0.4) is 0 Å². The van der Waals surface area contributed by atoms with Crippen molar-refractivity contribution in [2.45, 2.75) is 0 Å². The summed E-state index contributed by atoms with van der Waals surface area (Å²) in [7, 11) is 0. The van der Waals surface area contributed by atoms with Crippen molar-refractivity contribution in [3.63, 3.8) is 0 Å². The highest BCUT2D eigenvalue weighted by molar-refractivity contribution is 5.75. The number of nitrogens with one attached hydrogen (secondary N) is 1. The summed E-state index contributed by atoms with van der Waals surface area (Å²) >= 11 is 0. The highest BCUT2D eigenvalue weighted by Crippen LogP contribution is 2.28. The molecular formula is C8H6F2N2O4. The van der Waals surface area contributed by atoms with Crippen molar-refractivity contribution in [1.82, 2.24) is 0 Å². The summed E-state index contributed by atoms with van der Waals surface area (Å²) in [6, 6.07) is 0.935. The third kappa shape index (κ3) is 2.62. The van der Waals surface area contributed by atoms with Gasteiger partial charge >= 0.3 is 5.97 Å². The minimum absolute atomic E-state index is 0.428. The van der Waals surface area contributed by atoms with E-state index < -0.39 is 40.4 Å². The zero-order valence-electron chi connectivity index (χ0n) is 7.74. The smallest absolute Gasteiger partial charge is 0.322 e. The van der Waals surface area contributed by atoms with Gasteiger partial charge in [-0.1, -0.05) is 0 Å². The van der Waals surface area contributed by atoms with Gasteiger partial charge in [0.05, 0.1) is 11.0 Å². The molecule has 0 saturated heterocycles. The van der Waals surface area contributed by atoms with Gasteiger partial charge in [0, 0.05) is 6.07 Å². The van der Waals surface area contributed by atoms with E-state index in [4.69, 9.17) is 5.11 Å². The first kappa shape index (κ1) is 11.8. The Kier molecular flexibility index (Phi) is 3.33. The lowest BCUT2D eigenvalue weighted by Gasteiger charge is -2.05. The third-order valence-electron chi connectivity index (χ3n) is 1.65. The molecule has 0 radical (unpaired) electrons. The number of nitrogens with zero attached hydrogens (tertiary/aromatic N) is 1. The molecule has 0 atom stereocenters. The van der Waals surface area contributed by atoms with Gasteiger partial charge in [0.2, 0.25) is 0 Å². The van der Waals surface area contributed by atoms with Crippen LogP contribution in [0.25, 0.3) is 0 Å². The number of halogens is 2. The molecule has 0 amide bonds. The summed E-state index contributed by atoms with van der Waals surface area (Å²) in [4.78, 5) is 19.7. The molecule has 6 nitrogen and oxygen atoms in total. The van der Waals surface area contributed by atoms with Crippen molar-refractivity contribution in [2.75, 3.05) is 11.9 Å². The Morgan fingerprint density at radius 2 is 2.12 bits per heavy atom. The molecule has 0 spiro atoms. The molecular weight excluding hydrogens is 226 g/mol. The first-order valence-corrected chi connectivity index (χ1v) is 4.01. The Morgan fingerprint density at radius 3 is 2.62 bits per heavy atom. The van der Waals surface area contributed by atoms with E-state index in [1.54, 1.807) is 0 Å². The number of anilines is 1. The van der Waals surface area contributed by atoms with E-state index in [9.17, 15) is 23.7 Å². The molecule has 0 saturated carbocycles. The van der Waals surface area contributed by atoms with Gasteiger partial charge in [0.15, 0.2) is 5.82 Å². The van der Waals surface area contributed by atoms with Crippen LogP contribution in [-0.2, 0) is 4.79 Å². The maximum atomic E-state index is 13.1. The molecule has 86 valence electrons. The summed E-state index contributed by atoms with van der Waals surface area (Å²) < 4.78 is 25.8. The fourth-order valence-electron chi connectivity index (χ4n) is 1.04. The molecule has 1 rings (SSSR count). The van der Waals surface area contributed by atoms with Gasteiger partial charge in [0.25, 0.3) is 5.69 Å². The van der Waals surface area contributed by atoms with Crippen LogP contribution in [0, 0.1) is 21.7 Å². The van der Waals surface area contributed by atoms with Gasteiger partial charge in [-0.15, -0.1) is 0 Å². The molecule has 2 N–H and O–H groups in total. The topological polar surface area (TPSA) is 92.5 Å². The molecule has 0 aliphatic carbocycles. The van der Waals surface area contributed by atoms with Gasteiger partial charge in [-0.05, 0) is 0 Å². The number of carboxylic acid groups (broad SMARTS) is 1. The van der Waals surface area contributed by atoms with Crippen molar-refractivity contribution in [2.24, 2.45) is 0 Å². The SMILES string of the molecule is O=C(O)CNc1c(F)cc(F)cc1[N+](=O)[O-]. The van der Waals surface area contributed by atoms with Crippen LogP contribution in [0.15, 0.2) is 12.1 Å². The van der Waals surface area contributed by atoms with E-state index in [0.29, 0.717) is 12.1 Å². The lowest BCUT2D eigenvalue weighted by molar-refractivity contribution is -0.384. The molecule has 0 unspecified atom stereocenters. The van der Waals surface area contributed by atoms with Crippen molar-refractivity contribution < 1.29 is 23.6 Å². The second kappa shape index (κ2) is 4.51. The summed E-state index contributed by atoms with van der Waals surface area (Å²) in [5, 5.41) is 20.8.